The van der Waals surface area contributed by atoms with Crippen molar-refractivity contribution in [3.05, 3.63) is 41.9 Å². The molecule has 1 aromatic carbocycles. The van der Waals surface area contributed by atoms with Gasteiger partial charge in [-0.15, -0.1) is 0 Å². The summed E-state index contributed by atoms with van der Waals surface area (Å²) < 4.78 is 1.91. The molecule has 0 atom stereocenters. The molecule has 152 valence electrons. The Balaban J connectivity index is 1.76. The number of piperidine rings is 1. The summed E-state index contributed by atoms with van der Waals surface area (Å²) in [5.41, 5.74) is 3.17. The number of carbonyl (C=O) groups is 1. The molecule has 1 fully saturated rings. The molecular formula is C22H28N6O. The summed E-state index contributed by atoms with van der Waals surface area (Å²) >= 11 is 0. The molecule has 0 bridgehead atoms. The SMILES string of the molecule is Cc1nc(-c2ccc(C(=O)N3CCC(C)CC3)c(-c3ccn(C(C)C)n3)c2)n[nH]1. The van der Waals surface area contributed by atoms with E-state index in [4.69, 9.17) is 5.10 Å². The molecule has 3 aromatic rings. The van der Waals surface area contributed by atoms with Crippen LogP contribution in [0.4, 0.5) is 0 Å². The number of hydrogen-bond acceptors (Lipinski definition) is 4. The zero-order chi connectivity index (χ0) is 20.5. The van der Waals surface area contributed by atoms with E-state index in [9.17, 15) is 4.79 Å². The maximum atomic E-state index is 13.3. The Morgan fingerprint density at radius 2 is 1.97 bits per heavy atom. The van der Waals surface area contributed by atoms with Crippen molar-refractivity contribution in [1.29, 1.82) is 0 Å². The number of amides is 1. The highest BCUT2D eigenvalue weighted by Crippen LogP contribution is 2.30. The van der Waals surface area contributed by atoms with Gasteiger partial charge < -0.3 is 4.90 Å². The number of benzene rings is 1. The number of aromatic nitrogens is 5. The van der Waals surface area contributed by atoms with Crippen LogP contribution in [-0.2, 0) is 0 Å². The number of aryl methyl sites for hydroxylation is 1. The van der Waals surface area contributed by atoms with Crippen LogP contribution in [0, 0.1) is 12.8 Å². The van der Waals surface area contributed by atoms with Gasteiger partial charge in [-0.25, -0.2) is 4.98 Å². The van der Waals surface area contributed by atoms with Gasteiger partial charge in [0.25, 0.3) is 5.91 Å². The first-order valence-electron chi connectivity index (χ1n) is 10.3. The lowest BCUT2D eigenvalue weighted by Gasteiger charge is -2.30. The van der Waals surface area contributed by atoms with Gasteiger partial charge in [0.2, 0.25) is 0 Å². The molecule has 0 saturated carbocycles. The molecule has 1 amide bonds. The standard InChI is InChI=1S/C22H28N6O/c1-14(2)28-12-9-20(26-28)19-13-17(21-23-16(4)24-25-21)5-6-18(19)22(29)27-10-7-15(3)8-11-27/h5-6,9,12-15H,7-8,10-11H2,1-4H3,(H,23,24,25). The highest BCUT2D eigenvalue weighted by atomic mass is 16.2. The maximum absolute atomic E-state index is 13.3. The van der Waals surface area contributed by atoms with Crippen molar-refractivity contribution in [1.82, 2.24) is 29.9 Å². The minimum atomic E-state index is 0.0729. The molecule has 4 rings (SSSR count). The van der Waals surface area contributed by atoms with E-state index >= 15 is 0 Å². The Labute approximate surface area is 171 Å². The van der Waals surface area contributed by atoms with Crippen molar-refractivity contribution < 1.29 is 4.79 Å². The third-order valence-electron chi connectivity index (χ3n) is 5.59. The minimum Gasteiger partial charge on any atom is -0.339 e. The summed E-state index contributed by atoms with van der Waals surface area (Å²) in [5.74, 6) is 2.13. The molecule has 7 heteroatoms. The van der Waals surface area contributed by atoms with Gasteiger partial charge in [0.1, 0.15) is 5.82 Å². The van der Waals surface area contributed by atoms with Gasteiger partial charge in [-0.2, -0.15) is 10.2 Å². The molecule has 2 aromatic heterocycles. The normalized spacial score (nSPS) is 15.3. The molecule has 1 N–H and O–H groups in total. The summed E-state index contributed by atoms with van der Waals surface area (Å²) in [6.45, 7) is 9.91. The number of hydrogen-bond donors (Lipinski definition) is 1. The maximum Gasteiger partial charge on any atom is 0.254 e. The Bertz CT molecular complexity index is 1010. The van der Waals surface area contributed by atoms with Gasteiger partial charge in [0.05, 0.1) is 5.69 Å². The molecule has 1 aliphatic rings. The lowest BCUT2D eigenvalue weighted by atomic mass is 9.96. The third kappa shape index (κ3) is 3.95. The van der Waals surface area contributed by atoms with E-state index < -0.39 is 0 Å². The molecule has 0 aliphatic carbocycles. The van der Waals surface area contributed by atoms with Crippen molar-refractivity contribution in [3.8, 4) is 22.6 Å². The van der Waals surface area contributed by atoms with Gasteiger partial charge in [-0.05, 0) is 57.7 Å². The van der Waals surface area contributed by atoms with Crippen LogP contribution in [0.3, 0.4) is 0 Å². The quantitative estimate of drug-likeness (QED) is 0.725. The Morgan fingerprint density at radius 3 is 2.59 bits per heavy atom. The number of likely N-dealkylation sites (tertiary alicyclic amines) is 1. The molecule has 0 unspecified atom stereocenters. The van der Waals surface area contributed by atoms with Crippen LogP contribution in [0.15, 0.2) is 30.5 Å². The fourth-order valence-electron chi connectivity index (χ4n) is 3.70. The van der Waals surface area contributed by atoms with Gasteiger partial charge in [-0.3, -0.25) is 14.6 Å². The summed E-state index contributed by atoms with van der Waals surface area (Å²) in [6.07, 6.45) is 4.07. The topological polar surface area (TPSA) is 79.7 Å². The van der Waals surface area contributed by atoms with E-state index in [1.54, 1.807) is 0 Å². The van der Waals surface area contributed by atoms with Crippen LogP contribution < -0.4 is 0 Å². The van der Waals surface area contributed by atoms with E-state index in [0.717, 1.165) is 48.6 Å². The Kier molecular flexibility index (Phi) is 5.22. The first-order valence-corrected chi connectivity index (χ1v) is 10.3. The summed E-state index contributed by atoms with van der Waals surface area (Å²) in [5, 5.41) is 11.9. The van der Waals surface area contributed by atoms with E-state index in [-0.39, 0.29) is 11.9 Å². The summed E-state index contributed by atoms with van der Waals surface area (Å²) in [7, 11) is 0. The number of rotatable bonds is 4. The van der Waals surface area contributed by atoms with Crippen LogP contribution in [0.25, 0.3) is 22.6 Å². The molecule has 3 heterocycles. The van der Waals surface area contributed by atoms with Gasteiger partial charge >= 0.3 is 0 Å². The molecule has 7 nitrogen and oxygen atoms in total. The zero-order valence-electron chi connectivity index (χ0n) is 17.5. The molecule has 1 saturated heterocycles. The zero-order valence-corrected chi connectivity index (χ0v) is 17.5. The average Bonchev–Trinajstić information content (AvgIpc) is 3.37. The minimum absolute atomic E-state index is 0.0729. The van der Waals surface area contributed by atoms with E-state index in [1.807, 2.05) is 47.0 Å². The van der Waals surface area contributed by atoms with Crippen LogP contribution >= 0.6 is 0 Å². The second-order valence-corrected chi connectivity index (χ2v) is 8.25. The molecular weight excluding hydrogens is 364 g/mol. The van der Waals surface area contributed by atoms with Crippen LogP contribution in [0.5, 0.6) is 0 Å². The van der Waals surface area contributed by atoms with Crippen LogP contribution in [0.1, 0.15) is 55.8 Å². The molecule has 0 spiro atoms. The van der Waals surface area contributed by atoms with Gasteiger partial charge in [0, 0.05) is 42.0 Å². The summed E-state index contributed by atoms with van der Waals surface area (Å²) in [4.78, 5) is 19.7. The number of nitrogens with zero attached hydrogens (tertiary/aromatic N) is 5. The predicted octanol–water partition coefficient (Wildman–Crippen LogP) is 4.10. The highest BCUT2D eigenvalue weighted by molar-refractivity contribution is 6.01. The van der Waals surface area contributed by atoms with Gasteiger partial charge in [0.15, 0.2) is 5.82 Å². The smallest absolute Gasteiger partial charge is 0.254 e. The first-order chi connectivity index (χ1) is 13.9. The van der Waals surface area contributed by atoms with E-state index in [2.05, 4.69) is 36.0 Å². The monoisotopic (exact) mass is 392 g/mol. The fraction of sp³-hybridized carbons (Fsp3) is 0.455. The number of carbonyl (C=O) groups excluding carboxylic acids is 1. The average molecular weight is 393 g/mol. The van der Waals surface area contributed by atoms with Gasteiger partial charge in [-0.1, -0.05) is 13.0 Å². The number of aromatic amines is 1. The fourth-order valence-corrected chi connectivity index (χ4v) is 3.70. The van der Waals surface area contributed by atoms with Crippen molar-refractivity contribution in [3.63, 3.8) is 0 Å². The van der Waals surface area contributed by atoms with Crippen LogP contribution in [-0.4, -0.2) is 48.9 Å². The highest BCUT2D eigenvalue weighted by Gasteiger charge is 2.25. The number of nitrogens with one attached hydrogen (secondary N) is 1. The first kappa shape index (κ1) is 19.4. The van der Waals surface area contributed by atoms with E-state index in [1.165, 1.54) is 0 Å². The molecule has 1 aliphatic heterocycles. The second kappa shape index (κ2) is 7.81. The lowest BCUT2D eigenvalue weighted by molar-refractivity contribution is 0.0698. The third-order valence-corrected chi connectivity index (χ3v) is 5.59. The predicted molar refractivity (Wildman–Crippen MR) is 112 cm³/mol. The van der Waals surface area contributed by atoms with Crippen molar-refractivity contribution >= 4 is 5.91 Å². The summed E-state index contributed by atoms with van der Waals surface area (Å²) in [6, 6.07) is 8.02. The molecule has 0 radical (unpaired) electrons. The van der Waals surface area contributed by atoms with E-state index in [0.29, 0.717) is 17.3 Å². The molecule has 29 heavy (non-hydrogen) atoms. The van der Waals surface area contributed by atoms with Crippen molar-refractivity contribution in [2.75, 3.05) is 13.1 Å². The lowest BCUT2D eigenvalue weighted by Crippen LogP contribution is -2.38. The van der Waals surface area contributed by atoms with Crippen LogP contribution in [0.2, 0.25) is 0 Å². The Hall–Kier alpha value is -2.96. The second-order valence-electron chi connectivity index (χ2n) is 8.25. The van der Waals surface area contributed by atoms with Crippen molar-refractivity contribution in [2.24, 2.45) is 5.92 Å². The Morgan fingerprint density at radius 1 is 1.21 bits per heavy atom. The van der Waals surface area contributed by atoms with Crippen molar-refractivity contribution in [2.45, 2.75) is 46.6 Å². The largest absolute Gasteiger partial charge is 0.339 e. The number of H-pyrrole nitrogens is 1.